The number of amides is 2. The average molecular weight is 835 g/mol. The molecule has 3 aliphatic rings. The number of anilines is 2. The molecule has 0 bridgehead atoms. The first-order valence-electron chi connectivity index (χ1n) is 19.4. The van der Waals surface area contributed by atoms with Crippen LogP contribution in [-0.2, 0) is 46.5 Å². The van der Waals surface area contributed by atoms with Crippen molar-refractivity contribution in [3.63, 3.8) is 0 Å². The summed E-state index contributed by atoms with van der Waals surface area (Å²) in [7, 11) is 5.47. The van der Waals surface area contributed by atoms with Crippen molar-refractivity contribution in [1.82, 2.24) is 29.7 Å². The number of aryl methyl sites for hydroxylation is 2. The highest BCUT2D eigenvalue weighted by molar-refractivity contribution is 8.14. The fourth-order valence-electron chi connectivity index (χ4n) is 7.88. The number of rotatable bonds is 11. The maximum absolute atomic E-state index is 13.0. The summed E-state index contributed by atoms with van der Waals surface area (Å²) in [6, 6.07) is 3.90. The van der Waals surface area contributed by atoms with Gasteiger partial charge in [-0.05, 0) is 80.2 Å². The molecule has 2 unspecified atom stereocenters. The summed E-state index contributed by atoms with van der Waals surface area (Å²) in [4.78, 5) is 64.0. The molecule has 0 radical (unpaired) electrons. The van der Waals surface area contributed by atoms with Gasteiger partial charge in [0, 0.05) is 60.1 Å². The van der Waals surface area contributed by atoms with Crippen molar-refractivity contribution in [2.45, 2.75) is 89.4 Å². The van der Waals surface area contributed by atoms with E-state index in [1.54, 1.807) is 36.1 Å². The molecule has 296 valence electrons. The molecule has 0 spiro atoms. The Hall–Kier alpha value is -3.85. The van der Waals surface area contributed by atoms with E-state index in [2.05, 4.69) is 39.1 Å². The second kappa shape index (κ2) is 17.7. The second-order valence-electron chi connectivity index (χ2n) is 14.8. The van der Waals surface area contributed by atoms with Crippen LogP contribution >= 0.6 is 46.0 Å². The van der Waals surface area contributed by atoms with Crippen LogP contribution in [0.2, 0.25) is 5.15 Å². The molecule has 15 heteroatoms. The average Bonchev–Trinajstić information content (AvgIpc) is 3.90. The van der Waals surface area contributed by atoms with Crippen LogP contribution in [0.25, 0.3) is 20.4 Å². The Morgan fingerprint density at radius 1 is 0.857 bits per heavy atom. The maximum Gasteiger partial charge on any atom is 0.225 e. The zero-order valence-corrected chi connectivity index (χ0v) is 35.8. The summed E-state index contributed by atoms with van der Waals surface area (Å²) in [6.07, 6.45) is 12.8. The fourth-order valence-corrected chi connectivity index (χ4v) is 11.6. The highest BCUT2D eigenvalue weighted by Crippen LogP contribution is 2.44. The summed E-state index contributed by atoms with van der Waals surface area (Å²) in [5.41, 5.74) is 4.28. The molecule has 0 saturated carbocycles. The number of fused-ring (bicyclic) bond motifs is 7. The van der Waals surface area contributed by atoms with Crippen molar-refractivity contribution in [3.8, 4) is 5.75 Å². The molecule has 4 aromatic heterocycles. The van der Waals surface area contributed by atoms with Gasteiger partial charge < -0.3 is 19.9 Å². The Balaban J connectivity index is 0.000000189. The molecule has 1 N–H and O–H groups in total. The SMILES string of the molecule is CCCCN(C)C(=O)C1CCc2c(sc3ncnc(Cl)c23)C1.CCCCN(C)C(=O)C1CCc2c(sc3ncnc(Nc4cc5c(cc4OC)CC(=O)S5)c23)C1. The van der Waals surface area contributed by atoms with Crippen molar-refractivity contribution in [2.75, 3.05) is 39.6 Å². The van der Waals surface area contributed by atoms with Gasteiger partial charge in [0.25, 0.3) is 0 Å². The number of unbranched alkanes of at least 4 members (excludes halogenated alkanes) is 2. The monoisotopic (exact) mass is 833 g/mol. The van der Waals surface area contributed by atoms with E-state index in [1.807, 2.05) is 36.0 Å². The largest absolute Gasteiger partial charge is 0.495 e. The van der Waals surface area contributed by atoms with Crippen LogP contribution in [0.1, 0.15) is 78.8 Å². The third-order valence-electron chi connectivity index (χ3n) is 11.0. The van der Waals surface area contributed by atoms with Gasteiger partial charge in [-0.25, -0.2) is 19.9 Å². The second-order valence-corrected chi connectivity index (χ2v) is 18.4. The topological polar surface area (TPSA) is 131 Å². The Morgan fingerprint density at radius 2 is 1.43 bits per heavy atom. The number of nitrogens with zero attached hydrogens (tertiary/aromatic N) is 6. The highest BCUT2D eigenvalue weighted by atomic mass is 35.5. The molecule has 56 heavy (non-hydrogen) atoms. The third-order valence-corrected chi connectivity index (χ3v) is 14.6. The van der Waals surface area contributed by atoms with Crippen molar-refractivity contribution in [1.29, 1.82) is 0 Å². The number of carbonyl (C=O) groups is 3. The van der Waals surface area contributed by atoms with E-state index in [0.717, 1.165) is 120 Å². The minimum Gasteiger partial charge on any atom is -0.495 e. The van der Waals surface area contributed by atoms with Crippen LogP contribution in [0.3, 0.4) is 0 Å². The lowest BCUT2D eigenvalue weighted by molar-refractivity contribution is -0.135. The minimum absolute atomic E-state index is 0.0261. The van der Waals surface area contributed by atoms with Gasteiger partial charge in [0.15, 0.2) is 5.12 Å². The Kier molecular flexibility index (Phi) is 12.8. The van der Waals surface area contributed by atoms with Crippen molar-refractivity contribution >= 4 is 94.9 Å². The molecule has 1 aliphatic heterocycles. The Labute approximate surface area is 345 Å². The van der Waals surface area contributed by atoms with E-state index < -0.39 is 0 Å². The predicted molar refractivity (Wildman–Crippen MR) is 227 cm³/mol. The number of ether oxygens (including phenoxy) is 1. The molecular weight excluding hydrogens is 786 g/mol. The lowest BCUT2D eigenvalue weighted by Crippen LogP contribution is -2.36. The van der Waals surface area contributed by atoms with Crippen LogP contribution in [0, 0.1) is 11.8 Å². The zero-order chi connectivity index (χ0) is 39.5. The summed E-state index contributed by atoms with van der Waals surface area (Å²) in [5, 5.41) is 6.16. The van der Waals surface area contributed by atoms with Gasteiger partial charge >= 0.3 is 0 Å². The third kappa shape index (κ3) is 8.39. The molecule has 2 amide bonds. The van der Waals surface area contributed by atoms with Crippen molar-refractivity contribution < 1.29 is 19.1 Å². The summed E-state index contributed by atoms with van der Waals surface area (Å²) in [6.45, 7) is 5.96. The number of thioether (sulfide) groups is 1. The van der Waals surface area contributed by atoms with E-state index in [4.69, 9.17) is 16.3 Å². The maximum atomic E-state index is 13.0. The predicted octanol–water partition coefficient (Wildman–Crippen LogP) is 8.69. The van der Waals surface area contributed by atoms with Crippen molar-refractivity contribution in [3.05, 3.63) is 56.4 Å². The zero-order valence-electron chi connectivity index (χ0n) is 32.6. The van der Waals surface area contributed by atoms with Crippen LogP contribution in [0.5, 0.6) is 5.75 Å². The Bertz CT molecular complexity index is 2280. The minimum atomic E-state index is 0.0261. The summed E-state index contributed by atoms with van der Waals surface area (Å²) < 4.78 is 5.61. The number of hydrogen-bond donors (Lipinski definition) is 1. The van der Waals surface area contributed by atoms with E-state index in [-0.39, 0.29) is 28.8 Å². The first kappa shape index (κ1) is 40.4. The molecule has 0 fully saturated rings. The van der Waals surface area contributed by atoms with Gasteiger partial charge in [-0.1, -0.05) is 50.1 Å². The van der Waals surface area contributed by atoms with Gasteiger partial charge in [-0.2, -0.15) is 0 Å². The van der Waals surface area contributed by atoms with E-state index in [9.17, 15) is 14.4 Å². The van der Waals surface area contributed by atoms with Gasteiger partial charge in [0.1, 0.15) is 39.0 Å². The first-order valence-corrected chi connectivity index (χ1v) is 22.3. The Morgan fingerprint density at radius 3 is 2.02 bits per heavy atom. The van der Waals surface area contributed by atoms with Gasteiger partial charge in [-0.3, -0.25) is 14.4 Å². The normalized spacial score (nSPS) is 17.1. The smallest absolute Gasteiger partial charge is 0.225 e. The van der Waals surface area contributed by atoms with Gasteiger partial charge in [0.05, 0.1) is 23.6 Å². The number of benzene rings is 1. The molecular formula is C41H48ClN7O4S3. The highest BCUT2D eigenvalue weighted by Gasteiger charge is 2.32. The van der Waals surface area contributed by atoms with Crippen molar-refractivity contribution in [2.24, 2.45) is 11.8 Å². The van der Waals surface area contributed by atoms with Gasteiger partial charge in [-0.15, -0.1) is 22.7 Å². The quantitative estimate of drug-likeness (QED) is 0.129. The lowest BCUT2D eigenvalue weighted by atomic mass is 9.87. The van der Waals surface area contributed by atoms with Crippen LogP contribution in [0.15, 0.2) is 29.7 Å². The number of thiophene rings is 2. The first-order chi connectivity index (χ1) is 27.1. The van der Waals surface area contributed by atoms with Gasteiger partial charge in [0.2, 0.25) is 11.8 Å². The molecule has 8 rings (SSSR count). The summed E-state index contributed by atoms with van der Waals surface area (Å²) >= 11 is 10.8. The molecule has 0 saturated heterocycles. The number of hydrogen-bond acceptors (Lipinski definition) is 12. The molecule has 5 heterocycles. The van der Waals surface area contributed by atoms with Crippen LogP contribution < -0.4 is 10.1 Å². The number of nitrogens with one attached hydrogen (secondary N) is 1. The molecule has 11 nitrogen and oxygen atoms in total. The number of halogens is 1. The number of methoxy groups -OCH3 is 1. The molecule has 5 aromatic rings. The van der Waals surface area contributed by atoms with E-state index >= 15 is 0 Å². The molecule has 2 atom stereocenters. The fraction of sp³-hybridized carbons (Fsp3) is 0.488. The lowest BCUT2D eigenvalue weighted by Gasteiger charge is -2.26. The number of carbonyl (C=O) groups excluding carboxylic acids is 3. The van der Waals surface area contributed by atoms with E-state index in [1.165, 1.54) is 39.0 Å². The van der Waals surface area contributed by atoms with Crippen LogP contribution in [0.4, 0.5) is 11.5 Å². The standard InChI is InChI=1S/C25H28N4O3S2.C16H20ClN3OS/c1-4-5-8-29(2)25(31)14-6-7-16-20(10-14)34-24-22(16)23(26-13-27-24)28-17-12-19-15(9-18(17)32-3)11-21(30)33-19;1-3-4-7-20(2)16(21)10-5-6-11-12(8-10)22-15-13(11)14(17)18-9-19-15/h9,12-14H,4-8,10-11H2,1-3H3,(H,26,27,28);9-10H,3-8H2,1-2H3. The molecule has 2 aliphatic carbocycles. The summed E-state index contributed by atoms with van der Waals surface area (Å²) in [5.74, 6) is 2.06. The van der Waals surface area contributed by atoms with Crippen LogP contribution in [-0.4, -0.2) is 81.0 Å². The molecule has 1 aromatic carbocycles. The number of aromatic nitrogens is 4. The van der Waals surface area contributed by atoms with E-state index in [0.29, 0.717) is 17.3 Å².